The molecule has 4 N–H and O–H groups in total. The third-order valence-electron chi connectivity index (χ3n) is 5.34. The van der Waals surface area contributed by atoms with Gasteiger partial charge in [-0.25, -0.2) is 4.98 Å². The Balaban J connectivity index is 1.47. The maximum Gasteiger partial charge on any atom is 0.252 e. The number of pyridine rings is 1. The third-order valence-corrected chi connectivity index (χ3v) is 5.34. The minimum absolute atomic E-state index is 0.0649. The van der Waals surface area contributed by atoms with Crippen LogP contribution in [-0.4, -0.2) is 34.9 Å². The van der Waals surface area contributed by atoms with Gasteiger partial charge in [0.05, 0.1) is 0 Å². The molecule has 0 unspecified atom stereocenters. The highest BCUT2D eigenvalue weighted by Crippen LogP contribution is 2.24. The Labute approximate surface area is 162 Å². The van der Waals surface area contributed by atoms with Crippen LogP contribution in [0.4, 0.5) is 5.82 Å². The molecule has 7 nitrogen and oxygen atoms in total. The van der Waals surface area contributed by atoms with Gasteiger partial charge in [0.25, 0.3) is 5.91 Å². The average Bonchev–Trinajstić information content (AvgIpc) is 3.21. The summed E-state index contributed by atoms with van der Waals surface area (Å²) in [4.78, 5) is 33.9. The SMILES string of the molecule is NC(=O)C1CCN(c2ncccc2CNC(=O)c2cccc3[nH]ccc23)CC1. The van der Waals surface area contributed by atoms with Crippen molar-refractivity contribution in [3.63, 3.8) is 0 Å². The number of nitrogens with zero attached hydrogens (tertiary/aromatic N) is 2. The summed E-state index contributed by atoms with van der Waals surface area (Å²) in [7, 11) is 0. The van der Waals surface area contributed by atoms with E-state index in [1.54, 1.807) is 6.20 Å². The molecule has 0 bridgehead atoms. The second-order valence-electron chi connectivity index (χ2n) is 7.08. The fourth-order valence-corrected chi connectivity index (χ4v) is 3.78. The lowest BCUT2D eigenvalue weighted by Crippen LogP contribution is -2.39. The van der Waals surface area contributed by atoms with Crippen LogP contribution in [0.3, 0.4) is 0 Å². The number of aromatic amines is 1. The van der Waals surface area contributed by atoms with E-state index in [4.69, 9.17) is 5.73 Å². The number of anilines is 1. The summed E-state index contributed by atoms with van der Waals surface area (Å²) in [6.45, 7) is 1.85. The van der Waals surface area contributed by atoms with Gasteiger partial charge in [-0.3, -0.25) is 9.59 Å². The molecule has 0 saturated carbocycles. The van der Waals surface area contributed by atoms with Crippen molar-refractivity contribution in [3.05, 3.63) is 59.9 Å². The molecule has 3 aromatic rings. The topological polar surface area (TPSA) is 104 Å². The van der Waals surface area contributed by atoms with Gasteiger partial charge in [-0.2, -0.15) is 0 Å². The highest BCUT2D eigenvalue weighted by molar-refractivity contribution is 6.06. The van der Waals surface area contributed by atoms with Crippen molar-refractivity contribution in [2.75, 3.05) is 18.0 Å². The summed E-state index contributed by atoms with van der Waals surface area (Å²) in [6, 6.07) is 11.4. The molecule has 1 aliphatic heterocycles. The van der Waals surface area contributed by atoms with Crippen molar-refractivity contribution in [2.45, 2.75) is 19.4 Å². The number of rotatable bonds is 5. The lowest BCUT2D eigenvalue weighted by Gasteiger charge is -2.32. The van der Waals surface area contributed by atoms with Crippen LogP contribution < -0.4 is 16.0 Å². The first-order chi connectivity index (χ1) is 13.6. The van der Waals surface area contributed by atoms with Crippen molar-refractivity contribution in [3.8, 4) is 0 Å². The molecule has 4 rings (SSSR count). The summed E-state index contributed by atoms with van der Waals surface area (Å²) in [5.74, 6) is 0.440. The van der Waals surface area contributed by atoms with Gasteiger partial charge in [-0.05, 0) is 37.1 Å². The van der Waals surface area contributed by atoms with Gasteiger partial charge in [-0.15, -0.1) is 0 Å². The summed E-state index contributed by atoms with van der Waals surface area (Å²) in [6.07, 6.45) is 5.04. The minimum atomic E-state index is -0.230. The number of nitrogens with one attached hydrogen (secondary N) is 2. The molecule has 0 radical (unpaired) electrons. The molecule has 0 aliphatic carbocycles. The fraction of sp³-hybridized carbons (Fsp3) is 0.286. The van der Waals surface area contributed by atoms with E-state index in [9.17, 15) is 9.59 Å². The Kier molecular flexibility index (Phi) is 4.97. The summed E-state index contributed by atoms with van der Waals surface area (Å²) < 4.78 is 0. The van der Waals surface area contributed by atoms with Crippen molar-refractivity contribution in [2.24, 2.45) is 11.7 Å². The molecule has 0 spiro atoms. The number of fused-ring (bicyclic) bond motifs is 1. The first-order valence-corrected chi connectivity index (χ1v) is 9.46. The normalized spacial score (nSPS) is 14.9. The van der Waals surface area contributed by atoms with Gasteiger partial charge < -0.3 is 20.9 Å². The van der Waals surface area contributed by atoms with E-state index in [0.717, 1.165) is 48.2 Å². The number of aromatic nitrogens is 2. The Bertz CT molecular complexity index is 1000. The molecule has 1 saturated heterocycles. The number of hydrogen-bond acceptors (Lipinski definition) is 4. The molecular weight excluding hydrogens is 354 g/mol. The first kappa shape index (κ1) is 18.0. The number of primary amides is 1. The number of piperidine rings is 1. The van der Waals surface area contributed by atoms with E-state index in [0.29, 0.717) is 12.1 Å². The molecule has 1 fully saturated rings. The van der Waals surface area contributed by atoms with Crippen LogP contribution in [0.15, 0.2) is 48.8 Å². The average molecular weight is 377 g/mol. The zero-order chi connectivity index (χ0) is 19.5. The maximum absolute atomic E-state index is 12.7. The van der Waals surface area contributed by atoms with E-state index in [2.05, 4.69) is 20.2 Å². The number of H-pyrrole nitrogens is 1. The molecule has 3 heterocycles. The van der Waals surface area contributed by atoms with Gasteiger partial charge in [0, 0.05) is 60.0 Å². The monoisotopic (exact) mass is 377 g/mol. The molecule has 0 atom stereocenters. The van der Waals surface area contributed by atoms with Crippen LogP contribution in [0.5, 0.6) is 0 Å². The second kappa shape index (κ2) is 7.72. The van der Waals surface area contributed by atoms with Crippen molar-refractivity contribution < 1.29 is 9.59 Å². The lowest BCUT2D eigenvalue weighted by molar-refractivity contribution is -0.122. The maximum atomic E-state index is 12.7. The molecule has 28 heavy (non-hydrogen) atoms. The number of hydrogen-bond donors (Lipinski definition) is 3. The summed E-state index contributed by atoms with van der Waals surface area (Å²) >= 11 is 0. The zero-order valence-electron chi connectivity index (χ0n) is 15.5. The Morgan fingerprint density at radius 1 is 1.18 bits per heavy atom. The van der Waals surface area contributed by atoms with E-state index in [1.165, 1.54) is 0 Å². The standard InChI is InChI=1S/C21H23N5O2/c22-19(27)14-7-11-26(12-8-14)20-15(3-2-9-24-20)13-25-21(28)17-4-1-5-18-16(17)6-10-23-18/h1-6,9-10,14,23H,7-8,11-13H2,(H2,22,27)(H,25,28). The van der Waals surface area contributed by atoms with Gasteiger partial charge in [-0.1, -0.05) is 12.1 Å². The van der Waals surface area contributed by atoms with E-state index < -0.39 is 0 Å². The predicted octanol–water partition coefficient (Wildman–Crippen LogP) is 2.19. The van der Waals surface area contributed by atoms with Crippen molar-refractivity contribution in [1.29, 1.82) is 0 Å². The Morgan fingerprint density at radius 3 is 2.79 bits per heavy atom. The molecule has 2 amide bonds. The second-order valence-corrected chi connectivity index (χ2v) is 7.08. The lowest BCUT2D eigenvalue weighted by atomic mass is 9.96. The van der Waals surface area contributed by atoms with Crippen molar-refractivity contribution >= 4 is 28.5 Å². The van der Waals surface area contributed by atoms with Gasteiger partial charge in [0.2, 0.25) is 5.91 Å². The highest BCUT2D eigenvalue weighted by atomic mass is 16.2. The Hall–Kier alpha value is -3.35. The molecule has 144 valence electrons. The van der Waals surface area contributed by atoms with Crippen LogP contribution >= 0.6 is 0 Å². The first-order valence-electron chi connectivity index (χ1n) is 9.46. The zero-order valence-corrected chi connectivity index (χ0v) is 15.5. The number of benzene rings is 1. The van der Waals surface area contributed by atoms with Gasteiger partial charge in [0.1, 0.15) is 5.82 Å². The fourth-order valence-electron chi connectivity index (χ4n) is 3.78. The number of carbonyl (C=O) groups excluding carboxylic acids is 2. The van der Waals surface area contributed by atoms with Gasteiger partial charge >= 0.3 is 0 Å². The predicted molar refractivity (Wildman–Crippen MR) is 108 cm³/mol. The number of carbonyl (C=O) groups is 2. The van der Waals surface area contributed by atoms with E-state index in [-0.39, 0.29) is 17.7 Å². The third kappa shape index (κ3) is 3.55. The van der Waals surface area contributed by atoms with Crippen LogP contribution in [0.25, 0.3) is 10.9 Å². The van der Waals surface area contributed by atoms with Gasteiger partial charge in [0.15, 0.2) is 0 Å². The molecule has 7 heteroatoms. The smallest absolute Gasteiger partial charge is 0.252 e. The van der Waals surface area contributed by atoms with Crippen LogP contribution in [0.1, 0.15) is 28.8 Å². The van der Waals surface area contributed by atoms with Crippen molar-refractivity contribution in [1.82, 2.24) is 15.3 Å². The Morgan fingerprint density at radius 2 is 2.00 bits per heavy atom. The van der Waals surface area contributed by atoms with Crippen LogP contribution in [-0.2, 0) is 11.3 Å². The van der Waals surface area contributed by atoms with Crippen LogP contribution in [0, 0.1) is 5.92 Å². The number of amides is 2. The van der Waals surface area contributed by atoms with E-state index >= 15 is 0 Å². The molecule has 2 aromatic heterocycles. The largest absolute Gasteiger partial charge is 0.369 e. The van der Waals surface area contributed by atoms with E-state index in [1.807, 2.05) is 42.6 Å². The summed E-state index contributed by atoms with van der Waals surface area (Å²) in [5.41, 5.74) is 7.96. The molecular formula is C21H23N5O2. The minimum Gasteiger partial charge on any atom is -0.369 e. The molecule has 1 aromatic carbocycles. The highest BCUT2D eigenvalue weighted by Gasteiger charge is 2.25. The number of nitrogens with two attached hydrogens (primary N) is 1. The quantitative estimate of drug-likeness (QED) is 0.634. The van der Waals surface area contributed by atoms with Crippen LogP contribution in [0.2, 0.25) is 0 Å². The summed E-state index contributed by atoms with van der Waals surface area (Å²) in [5, 5.41) is 3.91. The molecule has 1 aliphatic rings.